The molecule has 0 fully saturated rings. The van der Waals surface area contributed by atoms with E-state index < -0.39 is 0 Å². The van der Waals surface area contributed by atoms with Gasteiger partial charge in [-0.2, -0.15) is 0 Å². The van der Waals surface area contributed by atoms with E-state index in [0.717, 1.165) is 5.75 Å². The average molecular weight is 207 g/mol. The summed E-state index contributed by atoms with van der Waals surface area (Å²) in [6.07, 6.45) is 0. The molecule has 2 aromatic rings. The van der Waals surface area contributed by atoms with Crippen LogP contribution >= 0.6 is 0 Å². The fourth-order valence-electron chi connectivity index (χ4n) is 1.26. The first-order valence-corrected chi connectivity index (χ1v) is 4.67. The monoisotopic (exact) mass is 207 g/mol. The van der Waals surface area contributed by atoms with Gasteiger partial charge in [-0.15, -0.1) is 0 Å². The van der Waals surface area contributed by atoms with Crippen molar-refractivity contribution in [1.82, 2.24) is 0 Å². The summed E-state index contributed by atoms with van der Waals surface area (Å²) in [5.41, 5.74) is 1.19. The molecule has 1 radical (unpaired) electrons. The van der Waals surface area contributed by atoms with E-state index in [9.17, 15) is 0 Å². The molecule has 0 bridgehead atoms. The minimum Gasteiger partial charge on any atom is -0.489 e. The molecule has 0 unspecified atom stereocenters. The molecule has 71 valence electrons. The van der Waals surface area contributed by atoms with Gasteiger partial charge in [0.1, 0.15) is 12.4 Å². The first kappa shape index (κ1) is 12.3. The Morgan fingerprint density at radius 3 is 1.87 bits per heavy atom. The number of hydrogen-bond acceptors (Lipinski definition) is 1. The van der Waals surface area contributed by atoms with E-state index in [0.29, 0.717) is 6.61 Å². The summed E-state index contributed by atoms with van der Waals surface area (Å²) in [5, 5.41) is 0. The van der Waals surface area contributed by atoms with E-state index in [1.807, 2.05) is 48.5 Å². The molecule has 0 aliphatic heterocycles. The topological polar surface area (TPSA) is 9.23 Å². The van der Waals surface area contributed by atoms with E-state index in [4.69, 9.17) is 4.74 Å². The van der Waals surface area contributed by atoms with E-state index >= 15 is 0 Å². The molecule has 0 aliphatic rings. The van der Waals surface area contributed by atoms with Gasteiger partial charge in [0.25, 0.3) is 0 Å². The molecule has 2 rings (SSSR count). The van der Waals surface area contributed by atoms with E-state index in [-0.39, 0.29) is 29.6 Å². The van der Waals surface area contributed by atoms with Gasteiger partial charge in [-0.3, -0.25) is 0 Å². The van der Waals surface area contributed by atoms with Gasteiger partial charge < -0.3 is 4.74 Å². The third-order valence-corrected chi connectivity index (χ3v) is 1.99. The zero-order chi connectivity index (χ0) is 9.64. The van der Waals surface area contributed by atoms with Crippen molar-refractivity contribution in [2.45, 2.75) is 6.61 Å². The molecular weight excluding hydrogens is 195 g/mol. The van der Waals surface area contributed by atoms with Crippen molar-refractivity contribution < 1.29 is 4.74 Å². The molecular formula is C13H12NaO. The molecule has 0 spiro atoms. The minimum absolute atomic E-state index is 0. The Labute approximate surface area is 112 Å². The van der Waals surface area contributed by atoms with E-state index in [1.54, 1.807) is 0 Å². The maximum absolute atomic E-state index is 5.59. The Morgan fingerprint density at radius 2 is 1.27 bits per heavy atom. The first-order chi connectivity index (χ1) is 6.95. The smallest absolute Gasteiger partial charge is 0.119 e. The van der Waals surface area contributed by atoms with Gasteiger partial charge in [0, 0.05) is 29.6 Å². The molecule has 15 heavy (non-hydrogen) atoms. The van der Waals surface area contributed by atoms with Gasteiger partial charge in [0.2, 0.25) is 0 Å². The Balaban J connectivity index is 0.00000112. The molecule has 0 atom stereocenters. The zero-order valence-corrected chi connectivity index (χ0v) is 10.9. The van der Waals surface area contributed by atoms with Crippen LogP contribution in [0.4, 0.5) is 0 Å². The van der Waals surface area contributed by atoms with Crippen LogP contribution in [0.15, 0.2) is 60.7 Å². The summed E-state index contributed by atoms with van der Waals surface area (Å²) in [7, 11) is 0. The molecule has 0 aromatic heterocycles. The van der Waals surface area contributed by atoms with Crippen LogP contribution in [-0.4, -0.2) is 29.6 Å². The maximum Gasteiger partial charge on any atom is 0.119 e. The molecule has 0 amide bonds. The second-order valence-corrected chi connectivity index (χ2v) is 3.09. The molecule has 0 aliphatic carbocycles. The van der Waals surface area contributed by atoms with Crippen LogP contribution < -0.4 is 4.74 Å². The zero-order valence-electron chi connectivity index (χ0n) is 8.89. The van der Waals surface area contributed by atoms with Gasteiger partial charge in [-0.1, -0.05) is 48.5 Å². The summed E-state index contributed by atoms with van der Waals surface area (Å²) < 4.78 is 5.59. The predicted molar refractivity (Wildman–Crippen MR) is 63.0 cm³/mol. The Morgan fingerprint density at radius 1 is 0.733 bits per heavy atom. The number of benzene rings is 2. The van der Waals surface area contributed by atoms with Crippen molar-refractivity contribution in [1.29, 1.82) is 0 Å². The summed E-state index contributed by atoms with van der Waals surface area (Å²) in [4.78, 5) is 0. The summed E-state index contributed by atoms with van der Waals surface area (Å²) in [6, 6.07) is 20.0. The minimum atomic E-state index is 0. The van der Waals surface area contributed by atoms with Crippen LogP contribution in [0, 0.1) is 0 Å². The van der Waals surface area contributed by atoms with Gasteiger partial charge in [0.05, 0.1) is 0 Å². The van der Waals surface area contributed by atoms with Crippen LogP contribution in [0.3, 0.4) is 0 Å². The second-order valence-electron chi connectivity index (χ2n) is 3.09. The van der Waals surface area contributed by atoms with E-state index in [2.05, 4.69) is 12.1 Å². The number of para-hydroxylation sites is 1. The van der Waals surface area contributed by atoms with Gasteiger partial charge >= 0.3 is 0 Å². The third kappa shape index (κ3) is 4.08. The average Bonchev–Trinajstić information content (AvgIpc) is 2.29. The van der Waals surface area contributed by atoms with Crippen molar-refractivity contribution in [2.75, 3.05) is 0 Å². The number of ether oxygens (including phenoxy) is 1. The van der Waals surface area contributed by atoms with Crippen molar-refractivity contribution in [3.63, 3.8) is 0 Å². The quantitative estimate of drug-likeness (QED) is 0.703. The van der Waals surface area contributed by atoms with Crippen molar-refractivity contribution in [3.05, 3.63) is 66.2 Å². The molecule has 0 saturated carbocycles. The SMILES string of the molecule is [Na].c1ccc(COc2ccccc2)cc1. The molecule has 1 nitrogen and oxygen atoms in total. The Bertz CT molecular complexity index is 333. The largest absolute Gasteiger partial charge is 0.489 e. The van der Waals surface area contributed by atoms with Crippen LogP contribution in [0.2, 0.25) is 0 Å². The Kier molecular flexibility index (Phi) is 5.48. The number of rotatable bonds is 3. The second kappa shape index (κ2) is 6.67. The molecule has 0 saturated heterocycles. The van der Waals surface area contributed by atoms with Gasteiger partial charge in [-0.25, -0.2) is 0 Å². The van der Waals surface area contributed by atoms with Crippen molar-refractivity contribution in [3.8, 4) is 5.75 Å². The van der Waals surface area contributed by atoms with Crippen molar-refractivity contribution in [2.24, 2.45) is 0 Å². The third-order valence-electron chi connectivity index (χ3n) is 1.99. The summed E-state index contributed by atoms with van der Waals surface area (Å²) in [6.45, 7) is 0.630. The first-order valence-electron chi connectivity index (χ1n) is 4.67. The fourth-order valence-corrected chi connectivity index (χ4v) is 1.26. The molecule has 2 heteroatoms. The van der Waals surface area contributed by atoms with Crippen LogP contribution in [0.1, 0.15) is 5.56 Å². The van der Waals surface area contributed by atoms with Crippen LogP contribution in [-0.2, 0) is 6.61 Å². The molecule has 0 heterocycles. The standard InChI is InChI=1S/C13H12O.Na/c1-3-7-12(8-4-1)11-14-13-9-5-2-6-10-13;/h1-10H,11H2;. The Hall–Kier alpha value is -0.760. The summed E-state index contributed by atoms with van der Waals surface area (Å²) in [5.74, 6) is 0.913. The normalized spacial score (nSPS) is 9.07. The molecule has 2 aromatic carbocycles. The maximum atomic E-state index is 5.59. The van der Waals surface area contributed by atoms with Crippen LogP contribution in [0.25, 0.3) is 0 Å². The predicted octanol–water partition coefficient (Wildman–Crippen LogP) is 2.88. The van der Waals surface area contributed by atoms with Gasteiger partial charge in [-0.05, 0) is 17.7 Å². The number of hydrogen-bond donors (Lipinski definition) is 0. The van der Waals surface area contributed by atoms with E-state index in [1.165, 1.54) is 5.56 Å². The van der Waals surface area contributed by atoms with Gasteiger partial charge in [0.15, 0.2) is 0 Å². The summed E-state index contributed by atoms with van der Waals surface area (Å²) >= 11 is 0. The van der Waals surface area contributed by atoms with Crippen LogP contribution in [0.5, 0.6) is 5.75 Å². The molecule has 0 N–H and O–H groups in total. The fraction of sp³-hybridized carbons (Fsp3) is 0.0769. The van der Waals surface area contributed by atoms with Crippen molar-refractivity contribution >= 4 is 29.6 Å².